The van der Waals surface area contributed by atoms with Crippen LogP contribution in [0.3, 0.4) is 0 Å². The van der Waals surface area contributed by atoms with Crippen molar-refractivity contribution in [1.29, 1.82) is 0 Å². The third-order valence-corrected chi connectivity index (χ3v) is 9.20. The van der Waals surface area contributed by atoms with E-state index < -0.39 is 49.9 Å². The number of amides is 2. The van der Waals surface area contributed by atoms with E-state index in [9.17, 15) is 28.1 Å². The Hall–Kier alpha value is -4.36. The lowest BCUT2D eigenvalue weighted by molar-refractivity contribution is -0.385. The molecule has 0 saturated heterocycles. The van der Waals surface area contributed by atoms with E-state index in [1.54, 1.807) is 31.2 Å². The van der Waals surface area contributed by atoms with Gasteiger partial charge in [0, 0.05) is 29.7 Å². The van der Waals surface area contributed by atoms with Gasteiger partial charge in [0.2, 0.25) is 11.8 Å². The molecule has 3 aromatic rings. The van der Waals surface area contributed by atoms with Crippen molar-refractivity contribution in [3.05, 3.63) is 86.9 Å². The second kappa shape index (κ2) is 15.8. The summed E-state index contributed by atoms with van der Waals surface area (Å²) in [5.41, 5.74) is 0.435. The Balaban J connectivity index is 2.18. The van der Waals surface area contributed by atoms with Crippen molar-refractivity contribution in [2.75, 3.05) is 31.6 Å². The van der Waals surface area contributed by atoms with Crippen LogP contribution in [0.1, 0.15) is 38.3 Å². The summed E-state index contributed by atoms with van der Waals surface area (Å²) >= 11 is 6.28. The van der Waals surface area contributed by atoms with Crippen molar-refractivity contribution in [3.63, 3.8) is 0 Å². The van der Waals surface area contributed by atoms with Crippen molar-refractivity contribution < 1.29 is 32.4 Å². The molecule has 0 fully saturated rings. The molecule has 12 nitrogen and oxygen atoms in total. The highest BCUT2D eigenvalue weighted by atomic mass is 35.5. The number of anilines is 1. The van der Waals surface area contributed by atoms with E-state index in [1.165, 1.54) is 56.4 Å². The lowest BCUT2D eigenvalue weighted by Gasteiger charge is -2.33. The molecule has 0 bridgehead atoms. The molecule has 0 saturated carbocycles. The predicted molar refractivity (Wildman–Crippen MR) is 176 cm³/mol. The summed E-state index contributed by atoms with van der Waals surface area (Å²) in [5.74, 6) is -0.323. The first-order chi connectivity index (χ1) is 21.7. The van der Waals surface area contributed by atoms with Crippen LogP contribution in [0, 0.1) is 23.0 Å². The second-order valence-electron chi connectivity index (χ2n) is 11.0. The Morgan fingerprint density at radius 3 is 2.37 bits per heavy atom. The zero-order valence-corrected chi connectivity index (χ0v) is 28.2. The average molecular weight is 675 g/mol. The summed E-state index contributed by atoms with van der Waals surface area (Å²) < 4.78 is 40.2. The number of hydrogen-bond acceptors (Lipinski definition) is 8. The molecule has 1 unspecified atom stereocenters. The molecule has 3 aromatic carbocycles. The van der Waals surface area contributed by atoms with Gasteiger partial charge in [-0.1, -0.05) is 50.6 Å². The van der Waals surface area contributed by atoms with E-state index in [0.29, 0.717) is 17.9 Å². The fourth-order valence-corrected chi connectivity index (χ4v) is 6.36. The van der Waals surface area contributed by atoms with Gasteiger partial charge < -0.3 is 19.7 Å². The van der Waals surface area contributed by atoms with Crippen LogP contribution in [-0.4, -0.2) is 63.4 Å². The highest BCUT2D eigenvalue weighted by molar-refractivity contribution is 7.92. The van der Waals surface area contributed by atoms with Gasteiger partial charge in [0.1, 0.15) is 24.1 Å². The number of carbonyl (C=O) groups excluding carboxylic acids is 2. The maximum Gasteiger partial charge on any atom is 0.273 e. The molecule has 46 heavy (non-hydrogen) atoms. The minimum absolute atomic E-state index is 0.0415. The van der Waals surface area contributed by atoms with Gasteiger partial charge in [-0.05, 0) is 61.2 Å². The molecule has 0 heterocycles. The molecule has 0 aliphatic rings. The van der Waals surface area contributed by atoms with Crippen LogP contribution in [-0.2, 0) is 26.2 Å². The van der Waals surface area contributed by atoms with Gasteiger partial charge >= 0.3 is 0 Å². The Labute approximate surface area is 274 Å². The number of nitro groups is 1. The van der Waals surface area contributed by atoms with Gasteiger partial charge in [-0.25, -0.2) is 8.42 Å². The minimum Gasteiger partial charge on any atom is -0.497 e. The molecule has 0 spiro atoms. The second-order valence-corrected chi connectivity index (χ2v) is 13.3. The molecule has 0 aliphatic carbocycles. The Kier molecular flexibility index (Phi) is 12.4. The van der Waals surface area contributed by atoms with Crippen LogP contribution in [0.4, 0.5) is 11.4 Å². The van der Waals surface area contributed by atoms with Crippen LogP contribution in [0.25, 0.3) is 0 Å². The van der Waals surface area contributed by atoms with Crippen molar-refractivity contribution in [2.45, 2.75) is 51.6 Å². The van der Waals surface area contributed by atoms with Crippen molar-refractivity contribution in [1.82, 2.24) is 10.2 Å². The van der Waals surface area contributed by atoms with Crippen LogP contribution in [0.5, 0.6) is 11.5 Å². The number of halogens is 1. The Morgan fingerprint density at radius 1 is 1.04 bits per heavy atom. The summed E-state index contributed by atoms with van der Waals surface area (Å²) in [7, 11) is -1.80. The Morgan fingerprint density at radius 2 is 1.76 bits per heavy atom. The number of nitrogens with zero attached hydrogens (tertiary/aromatic N) is 3. The number of hydrogen-bond donors (Lipinski definition) is 1. The standard InChI is InChI=1S/C32H39ClN4O8S/c1-7-27(32(39)34-18-21(2)3)35(19-23-9-8-10-25(15-23)44-5)31(38)20-36(29-16-24(33)12-14-30(29)45-6)46(42,43)26-13-11-22(4)28(17-26)37(40)41/h8-17,21,27H,7,18-20H2,1-6H3,(H,34,39). The maximum absolute atomic E-state index is 14.3. The topological polar surface area (TPSA) is 148 Å². The van der Waals surface area contributed by atoms with Crippen molar-refractivity contribution in [3.8, 4) is 11.5 Å². The molecular weight excluding hydrogens is 636 g/mol. The number of carbonyl (C=O) groups is 2. The van der Waals surface area contributed by atoms with Crippen LogP contribution in [0.2, 0.25) is 5.02 Å². The van der Waals surface area contributed by atoms with Gasteiger partial charge in [-0.3, -0.25) is 24.0 Å². The van der Waals surface area contributed by atoms with Gasteiger partial charge in [0.05, 0.1) is 29.7 Å². The molecule has 0 aliphatic heterocycles. The third kappa shape index (κ3) is 8.67. The first-order valence-electron chi connectivity index (χ1n) is 14.5. The maximum atomic E-state index is 14.3. The molecule has 14 heteroatoms. The van der Waals surface area contributed by atoms with Crippen LogP contribution >= 0.6 is 11.6 Å². The zero-order valence-electron chi connectivity index (χ0n) is 26.7. The van der Waals surface area contributed by atoms with E-state index in [2.05, 4.69) is 5.32 Å². The summed E-state index contributed by atoms with van der Waals surface area (Å²) in [6.07, 6.45) is 0.233. The van der Waals surface area contributed by atoms with Gasteiger partial charge in [-0.15, -0.1) is 0 Å². The highest BCUT2D eigenvalue weighted by Gasteiger charge is 2.35. The fraction of sp³-hybridized carbons (Fsp3) is 0.375. The number of ether oxygens (including phenoxy) is 2. The minimum atomic E-state index is -4.64. The van der Waals surface area contributed by atoms with Gasteiger partial charge in [-0.2, -0.15) is 0 Å². The van der Waals surface area contributed by atoms with Gasteiger partial charge in [0.15, 0.2) is 0 Å². The van der Waals surface area contributed by atoms with E-state index >= 15 is 0 Å². The first kappa shape index (κ1) is 36.1. The average Bonchev–Trinajstić information content (AvgIpc) is 3.02. The quantitative estimate of drug-likeness (QED) is 0.168. The number of methoxy groups -OCH3 is 2. The summed E-state index contributed by atoms with van der Waals surface area (Å²) in [5, 5.41) is 14.7. The highest BCUT2D eigenvalue weighted by Crippen LogP contribution is 2.36. The SMILES string of the molecule is CCC(C(=O)NCC(C)C)N(Cc1cccc(OC)c1)C(=O)CN(c1cc(Cl)ccc1OC)S(=O)(=O)c1ccc(C)c([N+](=O)[O-])c1. The number of sulfonamides is 1. The normalized spacial score (nSPS) is 11.9. The lowest BCUT2D eigenvalue weighted by atomic mass is 10.1. The van der Waals surface area contributed by atoms with Crippen molar-refractivity contribution in [2.24, 2.45) is 5.92 Å². The molecule has 2 amide bonds. The Bertz CT molecular complexity index is 1680. The van der Waals surface area contributed by atoms with Gasteiger partial charge in [0.25, 0.3) is 15.7 Å². The van der Waals surface area contributed by atoms with E-state index in [1.807, 2.05) is 13.8 Å². The summed E-state index contributed by atoms with van der Waals surface area (Å²) in [4.78, 5) is 39.7. The number of nitrogens with one attached hydrogen (secondary N) is 1. The number of rotatable bonds is 15. The zero-order chi connectivity index (χ0) is 34.2. The molecule has 0 radical (unpaired) electrons. The predicted octanol–water partition coefficient (Wildman–Crippen LogP) is 5.35. The molecule has 3 rings (SSSR count). The molecular formula is C32H39ClN4O8S. The van der Waals surface area contributed by atoms with Crippen molar-refractivity contribution >= 4 is 44.8 Å². The number of benzene rings is 3. The molecule has 0 aromatic heterocycles. The first-order valence-corrected chi connectivity index (χ1v) is 16.4. The largest absolute Gasteiger partial charge is 0.497 e. The molecule has 1 N–H and O–H groups in total. The van der Waals surface area contributed by atoms with E-state index in [0.717, 1.165) is 10.4 Å². The number of nitro benzene ring substituents is 1. The van der Waals surface area contributed by atoms with Crippen LogP contribution in [0.15, 0.2) is 65.6 Å². The summed E-state index contributed by atoms with van der Waals surface area (Å²) in [6, 6.07) is 13.8. The van der Waals surface area contributed by atoms with E-state index in [-0.39, 0.29) is 40.9 Å². The van der Waals surface area contributed by atoms with Crippen LogP contribution < -0.4 is 19.1 Å². The monoisotopic (exact) mass is 674 g/mol. The smallest absolute Gasteiger partial charge is 0.273 e. The number of aryl methyl sites for hydroxylation is 1. The lowest BCUT2D eigenvalue weighted by Crippen LogP contribution is -2.52. The molecule has 248 valence electrons. The van der Waals surface area contributed by atoms with E-state index in [4.69, 9.17) is 21.1 Å². The molecule has 1 atom stereocenters. The third-order valence-electron chi connectivity index (χ3n) is 7.21. The fourth-order valence-electron chi connectivity index (χ4n) is 4.75. The summed E-state index contributed by atoms with van der Waals surface area (Å²) in [6.45, 7) is 6.68.